The van der Waals surface area contributed by atoms with Crippen molar-refractivity contribution in [1.82, 2.24) is 9.80 Å². The topological polar surface area (TPSA) is 57.7 Å². The largest absolute Gasteiger partial charge is 0.341 e. The number of carbonyl (C=O) groups excluding carboxylic acids is 3. The lowest BCUT2D eigenvalue weighted by molar-refractivity contribution is -0.136. The molecule has 1 aromatic heterocycles. The van der Waals surface area contributed by atoms with Crippen LogP contribution in [0.5, 0.6) is 0 Å². The standard InChI is InChI=1S/C15H15BrN2O3S2/c16-12-5-4-10(22-12)8-11-14(20)18(15(21)23-11)9-13(19)17-6-2-1-3-7-17/h4-5,8H,1-3,6-7,9H2. The van der Waals surface area contributed by atoms with Gasteiger partial charge in [0.1, 0.15) is 6.54 Å². The average Bonchev–Trinajstić information content (AvgIpc) is 3.07. The van der Waals surface area contributed by atoms with Crippen molar-refractivity contribution in [2.75, 3.05) is 19.6 Å². The number of rotatable bonds is 3. The van der Waals surface area contributed by atoms with E-state index in [9.17, 15) is 14.4 Å². The second kappa shape index (κ2) is 7.19. The highest BCUT2D eigenvalue weighted by atomic mass is 79.9. The fourth-order valence-electron chi connectivity index (χ4n) is 2.55. The van der Waals surface area contributed by atoms with Gasteiger partial charge in [-0.3, -0.25) is 19.3 Å². The fourth-order valence-corrected chi connectivity index (χ4v) is 4.82. The number of thiophene rings is 1. The summed E-state index contributed by atoms with van der Waals surface area (Å²) in [5.41, 5.74) is 0. The van der Waals surface area contributed by atoms with E-state index in [2.05, 4.69) is 15.9 Å². The van der Waals surface area contributed by atoms with E-state index in [0.29, 0.717) is 18.0 Å². The lowest BCUT2D eigenvalue weighted by Crippen LogP contribution is -2.44. The molecule has 2 saturated heterocycles. The van der Waals surface area contributed by atoms with E-state index in [1.54, 1.807) is 11.0 Å². The molecule has 3 heterocycles. The van der Waals surface area contributed by atoms with E-state index in [4.69, 9.17) is 0 Å². The highest BCUT2D eigenvalue weighted by Crippen LogP contribution is 2.34. The van der Waals surface area contributed by atoms with Crippen LogP contribution in [0.4, 0.5) is 4.79 Å². The highest BCUT2D eigenvalue weighted by Gasteiger charge is 2.37. The van der Waals surface area contributed by atoms with Crippen LogP contribution in [-0.4, -0.2) is 46.5 Å². The molecule has 23 heavy (non-hydrogen) atoms. The number of nitrogens with zero attached hydrogens (tertiary/aromatic N) is 2. The van der Waals surface area contributed by atoms with Crippen LogP contribution in [-0.2, 0) is 9.59 Å². The zero-order chi connectivity index (χ0) is 16.4. The molecule has 2 fully saturated rings. The molecule has 0 spiro atoms. The van der Waals surface area contributed by atoms with Crippen LogP contribution in [0.3, 0.4) is 0 Å². The molecule has 0 atom stereocenters. The Morgan fingerprint density at radius 3 is 2.61 bits per heavy atom. The SMILES string of the molecule is O=C(CN1C(=O)SC(=Cc2ccc(Br)s2)C1=O)N1CCCCC1. The number of thioether (sulfide) groups is 1. The van der Waals surface area contributed by atoms with Crippen molar-refractivity contribution in [2.24, 2.45) is 0 Å². The summed E-state index contributed by atoms with van der Waals surface area (Å²) in [6.45, 7) is 1.28. The minimum Gasteiger partial charge on any atom is -0.341 e. The first-order chi connectivity index (χ1) is 11.0. The number of amides is 3. The molecule has 1 aromatic rings. The smallest absolute Gasteiger partial charge is 0.294 e. The Morgan fingerprint density at radius 2 is 1.96 bits per heavy atom. The lowest BCUT2D eigenvalue weighted by atomic mass is 10.1. The predicted octanol–water partition coefficient (Wildman–Crippen LogP) is 3.56. The van der Waals surface area contributed by atoms with Gasteiger partial charge >= 0.3 is 0 Å². The van der Waals surface area contributed by atoms with Gasteiger partial charge in [-0.1, -0.05) is 0 Å². The molecule has 0 unspecified atom stereocenters. The fraction of sp³-hybridized carbons (Fsp3) is 0.400. The second-order valence-electron chi connectivity index (χ2n) is 5.35. The molecule has 0 aromatic carbocycles. The number of imide groups is 1. The van der Waals surface area contributed by atoms with E-state index in [-0.39, 0.29) is 23.6 Å². The Hall–Kier alpha value is -1.12. The minimum absolute atomic E-state index is 0.146. The predicted molar refractivity (Wildman–Crippen MR) is 95.1 cm³/mol. The summed E-state index contributed by atoms with van der Waals surface area (Å²) in [5, 5.41) is -0.373. The van der Waals surface area contributed by atoms with Crippen molar-refractivity contribution >= 4 is 62.2 Å². The molecule has 0 radical (unpaired) electrons. The van der Waals surface area contributed by atoms with Gasteiger partial charge in [0.25, 0.3) is 11.1 Å². The van der Waals surface area contributed by atoms with Crippen LogP contribution in [0.25, 0.3) is 6.08 Å². The minimum atomic E-state index is -0.380. The summed E-state index contributed by atoms with van der Waals surface area (Å²) in [6, 6.07) is 3.77. The second-order valence-corrected chi connectivity index (χ2v) is 8.84. The summed E-state index contributed by atoms with van der Waals surface area (Å²) in [5.74, 6) is -0.526. The van der Waals surface area contributed by atoms with Gasteiger partial charge in [-0.25, -0.2) is 0 Å². The van der Waals surface area contributed by atoms with Crippen molar-refractivity contribution in [1.29, 1.82) is 0 Å². The molecule has 122 valence electrons. The lowest BCUT2D eigenvalue weighted by Gasteiger charge is -2.27. The quantitative estimate of drug-likeness (QED) is 0.709. The van der Waals surface area contributed by atoms with Crippen LogP contribution < -0.4 is 0 Å². The molecule has 0 N–H and O–H groups in total. The van der Waals surface area contributed by atoms with Crippen molar-refractivity contribution in [3.8, 4) is 0 Å². The molecule has 3 rings (SSSR count). The van der Waals surface area contributed by atoms with Crippen LogP contribution >= 0.6 is 39.0 Å². The molecule has 3 amide bonds. The van der Waals surface area contributed by atoms with Crippen LogP contribution in [0.15, 0.2) is 20.8 Å². The van der Waals surface area contributed by atoms with Crippen LogP contribution in [0.2, 0.25) is 0 Å². The molecule has 0 aliphatic carbocycles. The van der Waals surface area contributed by atoms with E-state index in [1.807, 2.05) is 12.1 Å². The zero-order valence-corrected chi connectivity index (χ0v) is 15.5. The van der Waals surface area contributed by atoms with Gasteiger partial charge in [0.2, 0.25) is 5.91 Å². The van der Waals surface area contributed by atoms with Crippen molar-refractivity contribution in [2.45, 2.75) is 19.3 Å². The van der Waals surface area contributed by atoms with Gasteiger partial charge in [-0.15, -0.1) is 11.3 Å². The van der Waals surface area contributed by atoms with Gasteiger partial charge < -0.3 is 4.90 Å². The van der Waals surface area contributed by atoms with Gasteiger partial charge in [0, 0.05) is 18.0 Å². The molecule has 0 saturated carbocycles. The molecule has 8 heteroatoms. The first-order valence-corrected chi connectivity index (χ1v) is 9.75. The monoisotopic (exact) mass is 414 g/mol. The Balaban J connectivity index is 1.68. The van der Waals surface area contributed by atoms with E-state index < -0.39 is 0 Å². The Morgan fingerprint density at radius 1 is 1.22 bits per heavy atom. The van der Waals surface area contributed by atoms with E-state index >= 15 is 0 Å². The Labute approximate surface area is 150 Å². The van der Waals surface area contributed by atoms with Crippen LogP contribution in [0, 0.1) is 0 Å². The number of hydrogen-bond acceptors (Lipinski definition) is 5. The number of carbonyl (C=O) groups is 3. The molecule has 2 aliphatic rings. The highest BCUT2D eigenvalue weighted by molar-refractivity contribution is 9.11. The van der Waals surface area contributed by atoms with Gasteiger partial charge in [0.15, 0.2) is 0 Å². The maximum atomic E-state index is 12.4. The summed E-state index contributed by atoms with van der Waals surface area (Å²) in [4.78, 5) is 40.8. The van der Waals surface area contributed by atoms with Crippen molar-refractivity contribution in [3.63, 3.8) is 0 Å². The molecule has 2 aliphatic heterocycles. The zero-order valence-electron chi connectivity index (χ0n) is 12.3. The van der Waals surface area contributed by atoms with Gasteiger partial charge in [-0.2, -0.15) is 0 Å². The maximum Gasteiger partial charge on any atom is 0.294 e. The van der Waals surface area contributed by atoms with Gasteiger partial charge in [-0.05, 0) is 65.2 Å². The third-order valence-corrected chi connectivity index (χ3v) is 6.22. The number of hydrogen-bond donors (Lipinski definition) is 0. The molecular formula is C15H15BrN2O3S2. The van der Waals surface area contributed by atoms with Crippen LogP contribution in [0.1, 0.15) is 24.1 Å². The normalized spacial score (nSPS) is 20.7. The van der Waals surface area contributed by atoms with Crippen molar-refractivity contribution in [3.05, 3.63) is 25.7 Å². The van der Waals surface area contributed by atoms with E-state index in [0.717, 1.165) is 44.6 Å². The maximum absolute atomic E-state index is 12.4. The first-order valence-electron chi connectivity index (χ1n) is 7.33. The summed E-state index contributed by atoms with van der Waals surface area (Å²) in [6.07, 6.45) is 4.80. The summed E-state index contributed by atoms with van der Waals surface area (Å²) < 4.78 is 0.961. The summed E-state index contributed by atoms with van der Waals surface area (Å²) >= 11 is 5.75. The molecule has 5 nitrogen and oxygen atoms in total. The number of likely N-dealkylation sites (tertiary alicyclic amines) is 1. The third-order valence-electron chi connectivity index (χ3n) is 3.74. The van der Waals surface area contributed by atoms with E-state index in [1.165, 1.54) is 11.3 Å². The third kappa shape index (κ3) is 3.87. The Bertz CT molecular complexity index is 680. The van der Waals surface area contributed by atoms with Crippen molar-refractivity contribution < 1.29 is 14.4 Å². The number of halogens is 1. The number of piperidine rings is 1. The molecular weight excluding hydrogens is 400 g/mol. The first kappa shape index (κ1) is 16.7. The summed E-state index contributed by atoms with van der Waals surface area (Å²) in [7, 11) is 0. The Kier molecular flexibility index (Phi) is 5.23. The molecule has 0 bridgehead atoms. The van der Waals surface area contributed by atoms with Gasteiger partial charge in [0.05, 0.1) is 8.69 Å². The average molecular weight is 415 g/mol.